The average Bonchev–Trinajstić information content (AvgIpc) is 2.41. The van der Waals surface area contributed by atoms with Crippen LogP contribution in [0.25, 0.3) is 10.9 Å². The lowest BCUT2D eigenvalue weighted by Crippen LogP contribution is -2.11. The molecule has 3 heteroatoms. The Labute approximate surface area is 110 Å². The van der Waals surface area contributed by atoms with E-state index in [1.807, 2.05) is 61.5 Å². The van der Waals surface area contributed by atoms with E-state index < -0.39 is 0 Å². The number of hydrogen-bond donors (Lipinski definition) is 2. The molecule has 0 radical (unpaired) electrons. The summed E-state index contributed by atoms with van der Waals surface area (Å²) in [6.07, 6.45) is 0. The minimum atomic E-state index is -0.109. The highest BCUT2D eigenvalue weighted by Gasteiger charge is 2.03. The van der Waals surface area contributed by atoms with Crippen LogP contribution >= 0.6 is 0 Å². The van der Waals surface area contributed by atoms with Gasteiger partial charge in [0.2, 0.25) is 0 Å². The zero-order chi connectivity index (χ0) is 13.2. The Hall–Kier alpha value is -2.55. The molecule has 0 saturated heterocycles. The summed E-state index contributed by atoms with van der Waals surface area (Å²) in [5.41, 5.74) is 3.35. The molecule has 0 fully saturated rings. The van der Waals surface area contributed by atoms with Crippen molar-refractivity contribution < 1.29 is 0 Å². The van der Waals surface area contributed by atoms with Crippen LogP contribution in [-0.4, -0.2) is 4.98 Å². The Morgan fingerprint density at radius 2 is 1.79 bits per heavy atom. The topological polar surface area (TPSA) is 44.9 Å². The van der Waals surface area contributed by atoms with E-state index in [1.54, 1.807) is 0 Å². The third-order valence-electron chi connectivity index (χ3n) is 3.05. The molecule has 0 atom stereocenters. The van der Waals surface area contributed by atoms with Gasteiger partial charge in [0.05, 0.1) is 0 Å². The highest BCUT2D eigenvalue weighted by molar-refractivity contribution is 5.83. The number of aromatic amines is 1. The lowest BCUT2D eigenvalue weighted by atomic mass is 10.1. The van der Waals surface area contributed by atoms with Crippen molar-refractivity contribution in [2.45, 2.75) is 6.92 Å². The average molecular weight is 250 g/mol. The van der Waals surface area contributed by atoms with Gasteiger partial charge in [-0.15, -0.1) is 0 Å². The minimum Gasteiger partial charge on any atom is -0.351 e. The second-order valence-electron chi connectivity index (χ2n) is 4.59. The van der Waals surface area contributed by atoms with Gasteiger partial charge in [-0.3, -0.25) is 4.79 Å². The van der Waals surface area contributed by atoms with Crippen LogP contribution in [0.4, 0.5) is 11.4 Å². The Balaban J connectivity index is 2.07. The summed E-state index contributed by atoms with van der Waals surface area (Å²) in [5.74, 6) is 0. The first-order valence-corrected chi connectivity index (χ1v) is 6.18. The quantitative estimate of drug-likeness (QED) is 0.730. The van der Waals surface area contributed by atoms with Gasteiger partial charge in [0.1, 0.15) is 5.69 Å². The Kier molecular flexibility index (Phi) is 2.80. The molecule has 3 aromatic rings. The molecule has 1 aromatic heterocycles. The first-order valence-electron chi connectivity index (χ1n) is 6.18. The molecule has 19 heavy (non-hydrogen) atoms. The summed E-state index contributed by atoms with van der Waals surface area (Å²) >= 11 is 0. The van der Waals surface area contributed by atoms with Gasteiger partial charge in [-0.25, -0.2) is 0 Å². The van der Waals surface area contributed by atoms with Crippen molar-refractivity contribution in [3.63, 3.8) is 0 Å². The van der Waals surface area contributed by atoms with E-state index in [1.165, 1.54) is 0 Å². The van der Waals surface area contributed by atoms with Crippen LogP contribution in [0.3, 0.4) is 0 Å². The highest BCUT2D eigenvalue weighted by atomic mass is 16.1. The highest BCUT2D eigenvalue weighted by Crippen LogP contribution is 2.18. The second-order valence-corrected chi connectivity index (χ2v) is 4.59. The summed E-state index contributed by atoms with van der Waals surface area (Å²) in [5, 5.41) is 4.15. The maximum Gasteiger partial charge on any atom is 0.272 e. The summed E-state index contributed by atoms with van der Waals surface area (Å²) in [6, 6.07) is 17.6. The number of nitrogens with one attached hydrogen (secondary N) is 2. The molecular formula is C16H14N2O. The molecule has 1 heterocycles. The number of fused-ring (bicyclic) bond motifs is 1. The molecule has 0 bridgehead atoms. The van der Waals surface area contributed by atoms with E-state index in [0.717, 1.165) is 22.2 Å². The number of H-pyrrole nitrogens is 1. The second kappa shape index (κ2) is 4.61. The summed E-state index contributed by atoms with van der Waals surface area (Å²) in [4.78, 5) is 14.9. The van der Waals surface area contributed by atoms with Crippen LogP contribution in [0.5, 0.6) is 0 Å². The fourth-order valence-electron chi connectivity index (χ4n) is 2.08. The number of pyridine rings is 1. The van der Waals surface area contributed by atoms with Crippen LogP contribution in [0, 0.1) is 6.92 Å². The standard InChI is InChI=1S/C16H14N2O/c1-11-7-8-12-10-15(16(19)18-14(12)9-11)17-13-5-3-2-4-6-13/h2-10,17H,1H3,(H,18,19). The number of rotatable bonds is 2. The first kappa shape index (κ1) is 11.5. The molecular weight excluding hydrogens is 236 g/mol. The van der Waals surface area contributed by atoms with Crippen molar-refractivity contribution in [2.24, 2.45) is 0 Å². The minimum absolute atomic E-state index is 0.109. The number of benzene rings is 2. The number of aromatic nitrogens is 1. The molecule has 3 rings (SSSR count). The van der Waals surface area contributed by atoms with Gasteiger partial charge in [0, 0.05) is 16.6 Å². The maximum absolute atomic E-state index is 12.0. The van der Waals surface area contributed by atoms with Crippen LogP contribution in [0.1, 0.15) is 5.56 Å². The SMILES string of the molecule is Cc1ccc2cc(Nc3ccccc3)c(=O)[nH]c2c1. The number of anilines is 2. The zero-order valence-electron chi connectivity index (χ0n) is 10.6. The maximum atomic E-state index is 12.0. The van der Waals surface area contributed by atoms with Crippen LogP contribution in [0.2, 0.25) is 0 Å². The van der Waals surface area contributed by atoms with Gasteiger partial charge in [-0.05, 0) is 36.8 Å². The molecule has 0 unspecified atom stereocenters. The smallest absolute Gasteiger partial charge is 0.272 e. The van der Waals surface area contributed by atoms with Gasteiger partial charge in [-0.1, -0.05) is 30.3 Å². The monoisotopic (exact) mass is 250 g/mol. The van der Waals surface area contributed by atoms with Gasteiger partial charge < -0.3 is 10.3 Å². The van der Waals surface area contributed by atoms with Gasteiger partial charge in [-0.2, -0.15) is 0 Å². The van der Waals surface area contributed by atoms with E-state index in [0.29, 0.717) is 5.69 Å². The van der Waals surface area contributed by atoms with Crippen LogP contribution in [0.15, 0.2) is 59.4 Å². The van der Waals surface area contributed by atoms with E-state index >= 15 is 0 Å². The molecule has 94 valence electrons. The van der Waals surface area contributed by atoms with Crippen molar-refractivity contribution in [1.29, 1.82) is 0 Å². The molecule has 0 spiro atoms. The Morgan fingerprint density at radius 1 is 1.00 bits per heavy atom. The number of hydrogen-bond acceptors (Lipinski definition) is 2. The van der Waals surface area contributed by atoms with Crippen LogP contribution in [-0.2, 0) is 0 Å². The fourth-order valence-corrected chi connectivity index (χ4v) is 2.08. The Morgan fingerprint density at radius 3 is 2.58 bits per heavy atom. The van der Waals surface area contributed by atoms with Crippen LogP contribution < -0.4 is 10.9 Å². The lowest BCUT2D eigenvalue weighted by Gasteiger charge is -2.07. The van der Waals surface area contributed by atoms with Crippen molar-refractivity contribution in [3.05, 3.63) is 70.5 Å². The Bertz CT molecular complexity index is 776. The molecule has 0 aliphatic heterocycles. The summed E-state index contributed by atoms with van der Waals surface area (Å²) in [7, 11) is 0. The van der Waals surface area contributed by atoms with E-state index in [9.17, 15) is 4.79 Å². The van der Waals surface area contributed by atoms with Gasteiger partial charge in [0.25, 0.3) is 5.56 Å². The third kappa shape index (κ3) is 2.36. The zero-order valence-corrected chi connectivity index (χ0v) is 10.6. The fraction of sp³-hybridized carbons (Fsp3) is 0.0625. The van der Waals surface area contributed by atoms with Crippen molar-refractivity contribution in [1.82, 2.24) is 4.98 Å². The summed E-state index contributed by atoms with van der Waals surface area (Å²) < 4.78 is 0. The van der Waals surface area contributed by atoms with Crippen molar-refractivity contribution in [3.8, 4) is 0 Å². The normalized spacial score (nSPS) is 10.6. The molecule has 0 saturated carbocycles. The third-order valence-corrected chi connectivity index (χ3v) is 3.05. The van der Waals surface area contributed by atoms with Crippen molar-refractivity contribution >= 4 is 22.3 Å². The number of aryl methyl sites for hydroxylation is 1. The summed E-state index contributed by atoms with van der Waals surface area (Å²) in [6.45, 7) is 2.01. The molecule has 0 amide bonds. The van der Waals surface area contributed by atoms with Crippen molar-refractivity contribution in [2.75, 3.05) is 5.32 Å². The van der Waals surface area contributed by atoms with E-state index in [2.05, 4.69) is 10.3 Å². The van der Waals surface area contributed by atoms with E-state index in [-0.39, 0.29) is 5.56 Å². The predicted molar refractivity (Wildman–Crippen MR) is 79.0 cm³/mol. The lowest BCUT2D eigenvalue weighted by molar-refractivity contribution is 1.29. The molecule has 2 N–H and O–H groups in total. The molecule has 2 aromatic carbocycles. The molecule has 0 aliphatic rings. The number of para-hydroxylation sites is 1. The van der Waals surface area contributed by atoms with Gasteiger partial charge >= 0.3 is 0 Å². The predicted octanol–water partition coefficient (Wildman–Crippen LogP) is 3.58. The molecule has 0 aliphatic carbocycles. The van der Waals surface area contributed by atoms with Gasteiger partial charge in [0.15, 0.2) is 0 Å². The first-order chi connectivity index (χ1) is 9.22. The largest absolute Gasteiger partial charge is 0.351 e. The van der Waals surface area contributed by atoms with E-state index in [4.69, 9.17) is 0 Å². The molecule has 3 nitrogen and oxygen atoms in total.